The van der Waals surface area contributed by atoms with E-state index in [1.165, 1.54) is 49.2 Å². The summed E-state index contributed by atoms with van der Waals surface area (Å²) in [7, 11) is 0. The van der Waals surface area contributed by atoms with E-state index in [0.29, 0.717) is 11.8 Å². The number of hydrogen-bond donors (Lipinski definition) is 0. The van der Waals surface area contributed by atoms with Gasteiger partial charge in [-0.15, -0.1) is 0 Å². The highest BCUT2D eigenvalue weighted by atomic mass is 14.9. The summed E-state index contributed by atoms with van der Waals surface area (Å²) < 4.78 is 2.41. The molecule has 0 N–H and O–H groups in total. The van der Waals surface area contributed by atoms with E-state index in [2.05, 4.69) is 117 Å². The van der Waals surface area contributed by atoms with Gasteiger partial charge < -0.3 is 4.40 Å². The fourth-order valence-corrected chi connectivity index (χ4v) is 5.76. The summed E-state index contributed by atoms with van der Waals surface area (Å²) in [5.74, 6) is 0.922. The van der Waals surface area contributed by atoms with Gasteiger partial charge in [-0.3, -0.25) is 0 Å². The van der Waals surface area contributed by atoms with Gasteiger partial charge in [0.15, 0.2) is 0 Å². The van der Waals surface area contributed by atoms with Crippen molar-refractivity contribution in [2.45, 2.75) is 39.5 Å². The van der Waals surface area contributed by atoms with Crippen LogP contribution in [0.15, 0.2) is 91.3 Å². The molecule has 0 saturated heterocycles. The zero-order valence-corrected chi connectivity index (χ0v) is 21.7. The zero-order valence-electron chi connectivity index (χ0n) is 21.7. The first-order valence-electron chi connectivity index (χ1n) is 13.1. The highest BCUT2D eigenvalue weighted by Crippen LogP contribution is 2.41. The Labute approximate surface area is 216 Å². The van der Waals surface area contributed by atoms with E-state index in [-0.39, 0.29) is 0 Å². The van der Waals surface area contributed by atoms with Crippen LogP contribution in [0, 0.1) is 0 Å². The van der Waals surface area contributed by atoms with E-state index in [1.807, 2.05) is 0 Å². The van der Waals surface area contributed by atoms with Crippen molar-refractivity contribution in [1.82, 2.24) is 14.4 Å². The lowest BCUT2D eigenvalue weighted by Crippen LogP contribution is -1.96. The highest BCUT2D eigenvalue weighted by Gasteiger charge is 2.19. The van der Waals surface area contributed by atoms with Crippen LogP contribution in [0.5, 0.6) is 0 Å². The van der Waals surface area contributed by atoms with Gasteiger partial charge in [-0.25, -0.2) is 9.97 Å². The molecule has 0 saturated carbocycles. The van der Waals surface area contributed by atoms with Crippen molar-refractivity contribution in [1.29, 1.82) is 0 Å². The molecule has 7 aromatic rings. The molecule has 3 heteroatoms. The quantitative estimate of drug-likeness (QED) is 0.252. The standard InChI is InChI=1S/C34H29N3/c1-20(2)22-13-23(21(3)4)15-24(14-22)30-18-31(36-19-35-30)25-16-28-26-9-5-7-11-32(26)37-33-12-8-6-10-27(33)29(17-25)34(28)37/h5-21H,1-4H3. The molecule has 0 atom stereocenters. The summed E-state index contributed by atoms with van der Waals surface area (Å²) in [4.78, 5) is 9.46. The molecule has 0 radical (unpaired) electrons. The third-order valence-electron chi connectivity index (χ3n) is 7.77. The van der Waals surface area contributed by atoms with E-state index in [1.54, 1.807) is 6.33 Å². The number of fused-ring (bicyclic) bond motifs is 6. The Hall–Kier alpha value is -4.24. The van der Waals surface area contributed by atoms with Crippen molar-refractivity contribution in [3.8, 4) is 22.5 Å². The molecule has 0 amide bonds. The Balaban J connectivity index is 1.47. The van der Waals surface area contributed by atoms with Crippen LogP contribution < -0.4 is 0 Å². The van der Waals surface area contributed by atoms with E-state index in [4.69, 9.17) is 9.97 Å². The molecule has 0 bridgehead atoms. The molecule has 0 spiro atoms. The highest BCUT2D eigenvalue weighted by molar-refractivity contribution is 6.24. The second-order valence-electron chi connectivity index (χ2n) is 10.8. The SMILES string of the molecule is CC(C)c1cc(-c2cc(-c3cc4c5ccccc5n5c6ccccc6c(c3)c45)ncn2)cc(C(C)C)c1. The Bertz CT molecular complexity index is 1830. The molecule has 4 aromatic carbocycles. The molecule has 0 unspecified atom stereocenters. The van der Waals surface area contributed by atoms with Gasteiger partial charge in [-0.05, 0) is 65.4 Å². The van der Waals surface area contributed by atoms with Crippen molar-refractivity contribution < 1.29 is 0 Å². The lowest BCUT2D eigenvalue weighted by molar-refractivity contribution is 0.834. The van der Waals surface area contributed by atoms with Gasteiger partial charge in [-0.2, -0.15) is 0 Å². The van der Waals surface area contributed by atoms with Crippen LogP contribution in [0.3, 0.4) is 0 Å². The van der Waals surface area contributed by atoms with Crippen LogP contribution in [0.1, 0.15) is 50.7 Å². The first-order valence-corrected chi connectivity index (χ1v) is 13.1. The summed E-state index contributed by atoms with van der Waals surface area (Å²) >= 11 is 0. The molecule has 3 heterocycles. The van der Waals surface area contributed by atoms with Gasteiger partial charge in [0.2, 0.25) is 0 Å². The minimum Gasteiger partial charge on any atom is -0.308 e. The molecule has 0 fully saturated rings. The van der Waals surface area contributed by atoms with Gasteiger partial charge in [0.1, 0.15) is 6.33 Å². The Kier molecular flexibility index (Phi) is 4.84. The van der Waals surface area contributed by atoms with Crippen LogP contribution in [-0.4, -0.2) is 14.4 Å². The normalized spacial score (nSPS) is 12.3. The van der Waals surface area contributed by atoms with Crippen LogP contribution in [0.25, 0.3) is 60.6 Å². The summed E-state index contributed by atoms with van der Waals surface area (Å²) in [6.07, 6.45) is 1.71. The number of benzene rings is 4. The van der Waals surface area contributed by atoms with Gasteiger partial charge in [0.05, 0.1) is 27.9 Å². The van der Waals surface area contributed by atoms with Crippen LogP contribution in [-0.2, 0) is 0 Å². The number of rotatable bonds is 4. The van der Waals surface area contributed by atoms with Crippen molar-refractivity contribution >= 4 is 38.1 Å². The largest absolute Gasteiger partial charge is 0.308 e. The fourth-order valence-electron chi connectivity index (χ4n) is 5.76. The van der Waals surface area contributed by atoms with Crippen molar-refractivity contribution in [2.24, 2.45) is 0 Å². The lowest BCUT2D eigenvalue weighted by Gasteiger charge is -2.14. The molecule has 180 valence electrons. The van der Waals surface area contributed by atoms with Crippen molar-refractivity contribution in [3.63, 3.8) is 0 Å². The van der Waals surface area contributed by atoms with E-state index >= 15 is 0 Å². The Morgan fingerprint density at radius 2 is 1.03 bits per heavy atom. The average molecular weight is 480 g/mol. The minimum atomic E-state index is 0.461. The molecule has 3 nitrogen and oxygen atoms in total. The summed E-state index contributed by atoms with van der Waals surface area (Å²) in [6.45, 7) is 9.00. The smallest absolute Gasteiger partial charge is 0.116 e. The maximum absolute atomic E-state index is 4.75. The minimum absolute atomic E-state index is 0.461. The third kappa shape index (κ3) is 3.34. The predicted octanol–water partition coefficient (Wildman–Crippen LogP) is 9.21. The van der Waals surface area contributed by atoms with E-state index in [0.717, 1.165) is 22.5 Å². The second-order valence-corrected chi connectivity index (χ2v) is 10.8. The van der Waals surface area contributed by atoms with Crippen molar-refractivity contribution in [2.75, 3.05) is 0 Å². The molecule has 3 aromatic heterocycles. The lowest BCUT2D eigenvalue weighted by atomic mass is 9.92. The van der Waals surface area contributed by atoms with Gasteiger partial charge >= 0.3 is 0 Å². The van der Waals surface area contributed by atoms with Gasteiger partial charge in [0.25, 0.3) is 0 Å². The van der Waals surface area contributed by atoms with Crippen LogP contribution in [0.2, 0.25) is 0 Å². The number of para-hydroxylation sites is 2. The first-order chi connectivity index (χ1) is 18.0. The maximum Gasteiger partial charge on any atom is 0.116 e. The number of hydrogen-bond acceptors (Lipinski definition) is 2. The third-order valence-corrected chi connectivity index (χ3v) is 7.77. The Morgan fingerprint density at radius 3 is 1.54 bits per heavy atom. The zero-order chi connectivity index (χ0) is 25.3. The van der Waals surface area contributed by atoms with E-state index in [9.17, 15) is 0 Å². The molecular formula is C34H29N3. The van der Waals surface area contributed by atoms with Gasteiger partial charge in [-0.1, -0.05) is 70.2 Å². The molecular weight excluding hydrogens is 450 g/mol. The summed E-state index contributed by atoms with van der Waals surface area (Å²) in [6, 6.07) is 31.1. The molecule has 0 aliphatic carbocycles. The maximum atomic E-state index is 4.75. The number of aromatic nitrogens is 3. The molecule has 7 rings (SSSR count). The molecule has 0 aliphatic heterocycles. The predicted molar refractivity (Wildman–Crippen MR) is 156 cm³/mol. The monoisotopic (exact) mass is 479 g/mol. The topological polar surface area (TPSA) is 30.2 Å². The first kappa shape index (κ1) is 22.0. The summed E-state index contributed by atoms with van der Waals surface area (Å²) in [5, 5.41) is 5.08. The van der Waals surface area contributed by atoms with Crippen molar-refractivity contribution in [3.05, 3.63) is 102 Å². The fraction of sp³-hybridized carbons (Fsp3) is 0.176. The van der Waals surface area contributed by atoms with Crippen LogP contribution >= 0.6 is 0 Å². The molecule has 37 heavy (non-hydrogen) atoms. The van der Waals surface area contributed by atoms with Gasteiger partial charge in [0, 0.05) is 32.7 Å². The molecule has 0 aliphatic rings. The Morgan fingerprint density at radius 1 is 0.541 bits per heavy atom. The van der Waals surface area contributed by atoms with E-state index < -0.39 is 0 Å². The summed E-state index contributed by atoms with van der Waals surface area (Å²) in [5.41, 5.74) is 10.7. The second kappa shape index (κ2) is 8.14. The average Bonchev–Trinajstić information content (AvgIpc) is 3.44. The number of nitrogens with zero attached hydrogens (tertiary/aromatic N) is 3. The van der Waals surface area contributed by atoms with Crippen LogP contribution in [0.4, 0.5) is 0 Å².